The van der Waals surface area contributed by atoms with Crippen LogP contribution in [-0.2, 0) is 0 Å². The van der Waals surface area contributed by atoms with E-state index in [1.165, 1.54) is 11.3 Å². The number of carbonyl (C=O) groups is 1. The summed E-state index contributed by atoms with van der Waals surface area (Å²) in [6, 6.07) is 11.2. The predicted molar refractivity (Wildman–Crippen MR) is 88.1 cm³/mol. The van der Waals surface area contributed by atoms with Crippen LogP contribution in [0.5, 0.6) is 0 Å². The van der Waals surface area contributed by atoms with Crippen LogP contribution >= 0.6 is 34.7 Å². The maximum absolute atomic E-state index is 11.9. The molecule has 0 bridgehead atoms. The van der Waals surface area contributed by atoms with Crippen LogP contribution in [0, 0.1) is 0 Å². The number of amides is 2. The Bertz CT molecular complexity index is 600. The quantitative estimate of drug-likeness (QED) is 0.776. The third-order valence-corrected chi connectivity index (χ3v) is 4.84. The standard InChI is InChI=1S/C14H15ClN2OS2/c1-9(12-6-7-13(15)20-12)16-14(18)17-10-4-3-5-11(8-10)19-2/h3-9H,1-2H3,(H2,16,17,18)/t9-/m0/s1. The molecule has 1 heterocycles. The van der Waals surface area contributed by atoms with Crippen molar-refractivity contribution < 1.29 is 4.79 Å². The van der Waals surface area contributed by atoms with E-state index in [2.05, 4.69) is 10.6 Å². The highest BCUT2D eigenvalue weighted by Gasteiger charge is 2.11. The first-order valence-corrected chi connectivity index (χ1v) is 8.47. The summed E-state index contributed by atoms with van der Waals surface area (Å²) in [5, 5.41) is 5.72. The zero-order valence-corrected chi connectivity index (χ0v) is 13.5. The van der Waals surface area contributed by atoms with E-state index in [4.69, 9.17) is 11.6 Å². The van der Waals surface area contributed by atoms with Gasteiger partial charge in [-0.25, -0.2) is 4.79 Å². The Kier molecular flexibility index (Phi) is 5.34. The maximum atomic E-state index is 11.9. The summed E-state index contributed by atoms with van der Waals surface area (Å²) in [6.07, 6.45) is 2.00. The molecule has 1 aromatic carbocycles. The zero-order valence-electron chi connectivity index (χ0n) is 11.1. The lowest BCUT2D eigenvalue weighted by Crippen LogP contribution is -2.30. The number of hydrogen-bond acceptors (Lipinski definition) is 3. The fraction of sp³-hybridized carbons (Fsp3) is 0.214. The summed E-state index contributed by atoms with van der Waals surface area (Å²) in [5.74, 6) is 0. The monoisotopic (exact) mass is 326 g/mol. The molecule has 1 atom stereocenters. The lowest BCUT2D eigenvalue weighted by molar-refractivity contribution is 0.249. The van der Waals surface area contributed by atoms with Gasteiger partial charge in [-0.2, -0.15) is 0 Å². The Hall–Kier alpha value is -1.17. The predicted octanol–water partition coefficient (Wildman–Crippen LogP) is 5.01. The summed E-state index contributed by atoms with van der Waals surface area (Å²) >= 11 is 9.00. The van der Waals surface area contributed by atoms with Gasteiger partial charge in [0.1, 0.15) is 0 Å². The second-order valence-electron chi connectivity index (χ2n) is 4.19. The molecule has 6 heteroatoms. The largest absolute Gasteiger partial charge is 0.331 e. The molecule has 0 spiro atoms. The molecule has 0 aliphatic carbocycles. The lowest BCUT2D eigenvalue weighted by Gasteiger charge is -2.13. The average molecular weight is 327 g/mol. The second kappa shape index (κ2) is 7.02. The van der Waals surface area contributed by atoms with Crippen molar-refractivity contribution in [1.29, 1.82) is 0 Å². The maximum Gasteiger partial charge on any atom is 0.319 e. The number of nitrogens with one attached hydrogen (secondary N) is 2. The van der Waals surface area contributed by atoms with Crippen LogP contribution in [0.1, 0.15) is 17.8 Å². The van der Waals surface area contributed by atoms with Gasteiger partial charge in [-0.15, -0.1) is 23.1 Å². The van der Waals surface area contributed by atoms with E-state index in [1.54, 1.807) is 11.8 Å². The molecule has 0 saturated heterocycles. The number of rotatable bonds is 4. The van der Waals surface area contributed by atoms with E-state index in [-0.39, 0.29) is 12.1 Å². The van der Waals surface area contributed by atoms with Gasteiger partial charge in [0.2, 0.25) is 0 Å². The van der Waals surface area contributed by atoms with Crippen LogP contribution in [0.3, 0.4) is 0 Å². The lowest BCUT2D eigenvalue weighted by atomic mass is 10.3. The van der Waals surface area contributed by atoms with Gasteiger partial charge >= 0.3 is 6.03 Å². The minimum atomic E-state index is -0.222. The number of halogens is 1. The van der Waals surface area contributed by atoms with Gasteiger partial charge in [-0.1, -0.05) is 17.7 Å². The summed E-state index contributed by atoms with van der Waals surface area (Å²) in [4.78, 5) is 14.1. The van der Waals surface area contributed by atoms with E-state index < -0.39 is 0 Å². The number of hydrogen-bond donors (Lipinski definition) is 2. The van der Waals surface area contributed by atoms with E-state index in [1.807, 2.05) is 49.6 Å². The molecule has 1 aromatic heterocycles. The summed E-state index contributed by atoms with van der Waals surface area (Å²) < 4.78 is 0.724. The third kappa shape index (κ3) is 4.16. The molecule has 0 radical (unpaired) electrons. The smallest absolute Gasteiger partial charge is 0.319 e. The Balaban J connectivity index is 1.95. The number of thioether (sulfide) groups is 1. The van der Waals surface area contributed by atoms with E-state index >= 15 is 0 Å². The minimum absolute atomic E-state index is 0.0729. The molecule has 2 amide bonds. The molecule has 0 aliphatic rings. The Morgan fingerprint density at radius 1 is 1.35 bits per heavy atom. The molecule has 0 saturated carbocycles. The Labute approximate surface area is 131 Å². The fourth-order valence-electron chi connectivity index (χ4n) is 1.70. The molecule has 2 aromatic rings. The molecule has 106 valence electrons. The van der Waals surface area contributed by atoms with Gasteiger partial charge in [0.25, 0.3) is 0 Å². The molecule has 20 heavy (non-hydrogen) atoms. The minimum Gasteiger partial charge on any atom is -0.331 e. The highest BCUT2D eigenvalue weighted by molar-refractivity contribution is 7.98. The highest BCUT2D eigenvalue weighted by atomic mass is 35.5. The first-order chi connectivity index (χ1) is 9.58. The van der Waals surface area contributed by atoms with Crippen LogP contribution in [0.4, 0.5) is 10.5 Å². The van der Waals surface area contributed by atoms with Crippen LogP contribution in [0.15, 0.2) is 41.3 Å². The van der Waals surface area contributed by atoms with Crippen molar-refractivity contribution in [3.05, 3.63) is 45.6 Å². The summed E-state index contributed by atoms with van der Waals surface area (Å²) in [6.45, 7) is 1.93. The summed E-state index contributed by atoms with van der Waals surface area (Å²) in [7, 11) is 0. The van der Waals surface area contributed by atoms with Gasteiger partial charge in [0, 0.05) is 15.5 Å². The number of thiophene rings is 1. The van der Waals surface area contributed by atoms with Crippen molar-refractivity contribution in [2.24, 2.45) is 0 Å². The number of carbonyl (C=O) groups excluding carboxylic acids is 1. The fourth-order valence-corrected chi connectivity index (χ4v) is 3.22. The second-order valence-corrected chi connectivity index (χ2v) is 6.82. The molecular formula is C14H15ClN2OS2. The van der Waals surface area contributed by atoms with Gasteiger partial charge in [0.05, 0.1) is 10.4 Å². The SMILES string of the molecule is CSc1cccc(NC(=O)N[C@@H](C)c2ccc(Cl)s2)c1. The normalized spacial score (nSPS) is 11.9. The topological polar surface area (TPSA) is 41.1 Å². The van der Waals surface area contributed by atoms with Crippen molar-refractivity contribution in [1.82, 2.24) is 5.32 Å². The molecular weight excluding hydrogens is 312 g/mol. The van der Waals surface area contributed by atoms with Crippen molar-refractivity contribution in [2.45, 2.75) is 17.9 Å². The third-order valence-electron chi connectivity index (χ3n) is 2.70. The number of anilines is 1. The van der Waals surface area contributed by atoms with Crippen LogP contribution in [-0.4, -0.2) is 12.3 Å². The Morgan fingerprint density at radius 3 is 2.80 bits per heavy atom. The molecule has 0 aliphatic heterocycles. The van der Waals surface area contributed by atoms with Gasteiger partial charge in [-0.3, -0.25) is 0 Å². The number of urea groups is 1. The number of benzene rings is 1. The molecule has 0 unspecified atom stereocenters. The van der Waals surface area contributed by atoms with Crippen LogP contribution in [0.25, 0.3) is 0 Å². The average Bonchev–Trinajstić information content (AvgIpc) is 2.85. The summed E-state index contributed by atoms with van der Waals surface area (Å²) in [5.41, 5.74) is 0.783. The van der Waals surface area contributed by atoms with Crippen LogP contribution in [0.2, 0.25) is 4.34 Å². The van der Waals surface area contributed by atoms with E-state index in [0.717, 1.165) is 19.8 Å². The van der Waals surface area contributed by atoms with Crippen LogP contribution < -0.4 is 10.6 Å². The first-order valence-electron chi connectivity index (χ1n) is 6.05. The zero-order chi connectivity index (χ0) is 14.5. The van der Waals surface area contributed by atoms with Gasteiger partial charge < -0.3 is 10.6 Å². The van der Waals surface area contributed by atoms with E-state index in [0.29, 0.717) is 0 Å². The molecule has 3 nitrogen and oxygen atoms in total. The molecule has 2 rings (SSSR count). The van der Waals surface area contributed by atoms with Crippen molar-refractivity contribution in [2.75, 3.05) is 11.6 Å². The molecule has 2 N–H and O–H groups in total. The molecule has 0 fully saturated rings. The van der Waals surface area contributed by atoms with Gasteiger partial charge in [-0.05, 0) is 43.5 Å². The Morgan fingerprint density at radius 2 is 2.15 bits per heavy atom. The first kappa shape index (κ1) is 15.2. The van der Waals surface area contributed by atoms with Crippen molar-refractivity contribution in [3.63, 3.8) is 0 Å². The van der Waals surface area contributed by atoms with Crippen molar-refractivity contribution in [3.8, 4) is 0 Å². The van der Waals surface area contributed by atoms with Gasteiger partial charge in [0.15, 0.2) is 0 Å². The van der Waals surface area contributed by atoms with Crippen molar-refractivity contribution >= 4 is 46.4 Å². The van der Waals surface area contributed by atoms with E-state index in [9.17, 15) is 4.79 Å². The highest BCUT2D eigenvalue weighted by Crippen LogP contribution is 2.26.